The van der Waals surface area contributed by atoms with Crippen molar-refractivity contribution in [3.8, 4) is 5.75 Å². The van der Waals surface area contributed by atoms with Crippen LogP contribution in [0.4, 0.5) is 0 Å². The number of benzene rings is 1. The van der Waals surface area contributed by atoms with Gasteiger partial charge >= 0.3 is 0 Å². The highest BCUT2D eigenvalue weighted by atomic mass is 79.9. The first kappa shape index (κ1) is 13.5. The molecule has 0 bridgehead atoms. The first-order chi connectivity index (χ1) is 8.60. The van der Waals surface area contributed by atoms with Crippen LogP contribution in [0.5, 0.6) is 5.75 Å². The van der Waals surface area contributed by atoms with Gasteiger partial charge in [0.05, 0.1) is 11.6 Å². The van der Waals surface area contributed by atoms with Gasteiger partial charge in [0.15, 0.2) is 5.22 Å². The van der Waals surface area contributed by atoms with Crippen LogP contribution >= 0.6 is 27.5 Å². The number of hydrogen-bond acceptors (Lipinski definition) is 3. The Morgan fingerprint density at radius 1 is 1.39 bits per heavy atom. The molecule has 1 aromatic heterocycles. The second-order valence-electron chi connectivity index (χ2n) is 3.83. The fourth-order valence-corrected chi connectivity index (χ4v) is 2.41. The monoisotopic (exact) mass is 330 g/mol. The summed E-state index contributed by atoms with van der Waals surface area (Å²) in [5.41, 5.74) is 0.975. The van der Waals surface area contributed by atoms with Crippen molar-refractivity contribution in [2.24, 2.45) is 0 Å². The Kier molecular flexibility index (Phi) is 4.32. The molecule has 0 aliphatic rings. The van der Waals surface area contributed by atoms with Crippen molar-refractivity contribution in [1.82, 2.24) is 0 Å². The minimum absolute atomic E-state index is 0.278. The Morgan fingerprint density at radius 2 is 2.17 bits per heavy atom. The molecule has 0 amide bonds. The van der Waals surface area contributed by atoms with E-state index in [2.05, 4.69) is 15.9 Å². The van der Waals surface area contributed by atoms with E-state index in [-0.39, 0.29) is 5.22 Å². The highest BCUT2D eigenvalue weighted by Gasteiger charge is 2.13. The maximum absolute atomic E-state index is 10.0. The van der Waals surface area contributed by atoms with E-state index in [9.17, 15) is 5.11 Å². The molecule has 1 unspecified atom stereocenters. The van der Waals surface area contributed by atoms with Gasteiger partial charge in [-0.1, -0.05) is 6.07 Å². The number of furan rings is 1. The highest BCUT2D eigenvalue weighted by molar-refractivity contribution is 9.10. The summed E-state index contributed by atoms with van der Waals surface area (Å²) in [6.45, 7) is 0. The van der Waals surface area contributed by atoms with Gasteiger partial charge < -0.3 is 14.3 Å². The molecule has 1 N–H and O–H groups in total. The molecule has 0 fully saturated rings. The van der Waals surface area contributed by atoms with Crippen LogP contribution in [0.2, 0.25) is 5.22 Å². The zero-order valence-corrected chi connectivity index (χ0v) is 12.0. The molecule has 5 heteroatoms. The summed E-state index contributed by atoms with van der Waals surface area (Å²) in [6, 6.07) is 8.95. The van der Waals surface area contributed by atoms with Gasteiger partial charge in [0.2, 0.25) is 0 Å². The van der Waals surface area contributed by atoms with Crippen molar-refractivity contribution in [2.75, 3.05) is 7.11 Å². The molecule has 0 aliphatic heterocycles. The maximum Gasteiger partial charge on any atom is 0.193 e. The summed E-state index contributed by atoms with van der Waals surface area (Å²) in [5.74, 6) is 1.22. The number of methoxy groups -OCH3 is 1. The molecular formula is C13H12BrClO3. The molecule has 0 saturated carbocycles. The third kappa shape index (κ3) is 3.07. The Morgan fingerprint density at radius 3 is 2.72 bits per heavy atom. The fraction of sp³-hybridized carbons (Fsp3) is 0.231. The van der Waals surface area contributed by atoms with Crippen molar-refractivity contribution >= 4 is 27.5 Å². The van der Waals surface area contributed by atoms with Crippen LogP contribution in [0.1, 0.15) is 17.4 Å². The van der Waals surface area contributed by atoms with Gasteiger partial charge in [0.1, 0.15) is 17.6 Å². The number of halogens is 2. The van der Waals surface area contributed by atoms with E-state index in [1.807, 2.05) is 18.2 Å². The van der Waals surface area contributed by atoms with Crippen molar-refractivity contribution in [3.63, 3.8) is 0 Å². The third-order valence-corrected chi connectivity index (χ3v) is 3.39. The summed E-state index contributed by atoms with van der Waals surface area (Å²) < 4.78 is 11.2. The first-order valence-electron chi connectivity index (χ1n) is 5.36. The molecule has 0 spiro atoms. The maximum atomic E-state index is 10.0. The first-order valence-corrected chi connectivity index (χ1v) is 6.53. The summed E-state index contributed by atoms with van der Waals surface area (Å²) in [4.78, 5) is 0. The van der Waals surface area contributed by atoms with Crippen molar-refractivity contribution < 1.29 is 14.3 Å². The normalized spacial score (nSPS) is 12.4. The molecule has 1 atom stereocenters. The topological polar surface area (TPSA) is 42.6 Å². The third-order valence-electron chi connectivity index (χ3n) is 2.57. The van der Waals surface area contributed by atoms with Gasteiger partial charge in [-0.15, -0.1) is 0 Å². The second kappa shape index (κ2) is 5.78. The lowest BCUT2D eigenvalue weighted by Crippen LogP contribution is -2.00. The van der Waals surface area contributed by atoms with Crippen molar-refractivity contribution in [1.29, 1.82) is 0 Å². The minimum atomic E-state index is -0.710. The molecular weight excluding hydrogens is 319 g/mol. The van der Waals surface area contributed by atoms with Crippen LogP contribution in [-0.4, -0.2) is 12.2 Å². The van der Waals surface area contributed by atoms with Crippen LogP contribution < -0.4 is 4.74 Å². The van der Waals surface area contributed by atoms with Crippen LogP contribution in [-0.2, 0) is 6.42 Å². The molecule has 0 aliphatic carbocycles. The number of hydrogen-bond donors (Lipinski definition) is 1. The summed E-state index contributed by atoms with van der Waals surface area (Å²) in [7, 11) is 1.61. The number of rotatable bonds is 4. The molecule has 18 heavy (non-hydrogen) atoms. The minimum Gasteiger partial charge on any atom is -0.496 e. The second-order valence-corrected chi connectivity index (χ2v) is 5.06. The lowest BCUT2D eigenvalue weighted by atomic mass is 10.1. The molecule has 1 aromatic carbocycles. The average Bonchev–Trinajstić information content (AvgIpc) is 2.76. The molecule has 1 heterocycles. The predicted octanol–water partition coefficient (Wildman–Crippen LogP) is 3.98. The standard InChI is InChI=1S/C13H12BrClO3/c1-17-11-3-2-8(6-9(11)14)7-10(16)12-4-5-13(15)18-12/h2-6,10,16H,7H2,1H3. The quantitative estimate of drug-likeness (QED) is 0.921. The fourth-order valence-electron chi connectivity index (χ4n) is 1.67. The summed E-state index contributed by atoms with van der Waals surface area (Å²) in [5, 5.41) is 10.3. The largest absolute Gasteiger partial charge is 0.496 e. The van der Waals surface area contributed by atoms with Crippen LogP contribution in [0.25, 0.3) is 0 Å². The Labute approximate surface area is 118 Å². The van der Waals surface area contributed by atoms with E-state index in [4.69, 9.17) is 20.8 Å². The van der Waals surface area contributed by atoms with Gasteiger partial charge in [0, 0.05) is 6.42 Å². The lowest BCUT2D eigenvalue weighted by molar-refractivity contribution is 0.150. The Bertz CT molecular complexity index is 539. The van der Waals surface area contributed by atoms with Crippen LogP contribution in [0, 0.1) is 0 Å². The zero-order chi connectivity index (χ0) is 13.1. The molecule has 0 radical (unpaired) electrons. The highest BCUT2D eigenvalue weighted by Crippen LogP contribution is 2.28. The van der Waals surface area contributed by atoms with E-state index in [1.54, 1.807) is 19.2 Å². The molecule has 3 nitrogen and oxygen atoms in total. The number of ether oxygens (including phenoxy) is 1. The van der Waals surface area contributed by atoms with E-state index in [1.165, 1.54) is 0 Å². The van der Waals surface area contributed by atoms with Gasteiger partial charge in [-0.3, -0.25) is 0 Å². The van der Waals surface area contributed by atoms with E-state index in [0.717, 1.165) is 15.8 Å². The Hall–Kier alpha value is -0.970. The lowest BCUT2D eigenvalue weighted by Gasteiger charge is -2.09. The SMILES string of the molecule is COc1ccc(CC(O)c2ccc(Cl)o2)cc1Br. The summed E-state index contributed by atoms with van der Waals surface area (Å²) >= 11 is 9.08. The van der Waals surface area contributed by atoms with E-state index in [0.29, 0.717) is 12.2 Å². The molecule has 96 valence electrons. The molecule has 2 rings (SSSR count). The van der Waals surface area contributed by atoms with Crippen molar-refractivity contribution in [2.45, 2.75) is 12.5 Å². The van der Waals surface area contributed by atoms with Crippen molar-refractivity contribution in [3.05, 3.63) is 51.3 Å². The van der Waals surface area contributed by atoms with Gasteiger partial charge in [-0.05, 0) is 57.4 Å². The van der Waals surface area contributed by atoms with Crippen LogP contribution in [0.3, 0.4) is 0 Å². The number of aliphatic hydroxyl groups is 1. The average molecular weight is 332 g/mol. The molecule has 0 saturated heterocycles. The van der Waals surface area contributed by atoms with Gasteiger partial charge in [-0.2, -0.15) is 0 Å². The molecule has 2 aromatic rings. The van der Waals surface area contributed by atoms with E-state index < -0.39 is 6.10 Å². The van der Waals surface area contributed by atoms with E-state index >= 15 is 0 Å². The smallest absolute Gasteiger partial charge is 0.193 e. The van der Waals surface area contributed by atoms with Crippen LogP contribution in [0.15, 0.2) is 39.2 Å². The predicted molar refractivity (Wildman–Crippen MR) is 73.1 cm³/mol. The van der Waals surface area contributed by atoms with Gasteiger partial charge in [-0.25, -0.2) is 0 Å². The van der Waals surface area contributed by atoms with Gasteiger partial charge in [0.25, 0.3) is 0 Å². The summed E-state index contributed by atoms with van der Waals surface area (Å²) in [6.07, 6.45) is -0.260. The Balaban J connectivity index is 2.12. The number of aliphatic hydroxyl groups excluding tert-OH is 1. The zero-order valence-electron chi connectivity index (χ0n) is 9.69.